The number of hydrogen-bond donors (Lipinski definition) is 1. The van der Waals surface area contributed by atoms with Crippen molar-refractivity contribution >= 4 is 0 Å². The van der Waals surface area contributed by atoms with Gasteiger partial charge >= 0.3 is 0 Å². The Morgan fingerprint density at radius 1 is 1.36 bits per heavy atom. The maximum absolute atomic E-state index is 9.22. The molecule has 0 aromatic heterocycles. The SMILES string of the molecule is CC(C)(C)[C@H]1CCOC(O)C1. The highest BCUT2D eigenvalue weighted by molar-refractivity contribution is 4.77. The van der Waals surface area contributed by atoms with Crippen LogP contribution in [0.4, 0.5) is 0 Å². The van der Waals surface area contributed by atoms with Crippen LogP contribution in [0.2, 0.25) is 0 Å². The first-order valence-corrected chi connectivity index (χ1v) is 4.30. The molecule has 11 heavy (non-hydrogen) atoms. The molecule has 0 amide bonds. The smallest absolute Gasteiger partial charge is 0.154 e. The summed E-state index contributed by atoms with van der Waals surface area (Å²) in [5, 5.41) is 9.22. The van der Waals surface area contributed by atoms with Crippen molar-refractivity contribution in [2.24, 2.45) is 11.3 Å². The Hall–Kier alpha value is -0.0800. The van der Waals surface area contributed by atoms with Crippen molar-refractivity contribution < 1.29 is 9.84 Å². The quantitative estimate of drug-likeness (QED) is 0.582. The van der Waals surface area contributed by atoms with Crippen LogP contribution in [0.15, 0.2) is 0 Å². The van der Waals surface area contributed by atoms with E-state index in [0.717, 1.165) is 12.8 Å². The number of aliphatic hydroxyl groups excluding tert-OH is 1. The monoisotopic (exact) mass is 158 g/mol. The molecule has 2 heteroatoms. The summed E-state index contributed by atoms with van der Waals surface area (Å²) in [7, 11) is 0. The van der Waals surface area contributed by atoms with Crippen LogP contribution in [0.25, 0.3) is 0 Å². The predicted molar refractivity (Wildman–Crippen MR) is 44.1 cm³/mol. The highest BCUT2D eigenvalue weighted by atomic mass is 16.6. The molecule has 0 spiro atoms. The Morgan fingerprint density at radius 2 is 2.00 bits per heavy atom. The van der Waals surface area contributed by atoms with Gasteiger partial charge in [-0.15, -0.1) is 0 Å². The van der Waals surface area contributed by atoms with Crippen molar-refractivity contribution in [3.63, 3.8) is 0 Å². The summed E-state index contributed by atoms with van der Waals surface area (Å²) in [5.41, 5.74) is 0.310. The highest BCUT2D eigenvalue weighted by Gasteiger charge is 2.29. The van der Waals surface area contributed by atoms with E-state index in [2.05, 4.69) is 20.8 Å². The van der Waals surface area contributed by atoms with E-state index in [1.807, 2.05) is 0 Å². The van der Waals surface area contributed by atoms with E-state index in [1.54, 1.807) is 0 Å². The minimum atomic E-state index is -0.520. The summed E-state index contributed by atoms with van der Waals surface area (Å²) in [6, 6.07) is 0. The van der Waals surface area contributed by atoms with Crippen molar-refractivity contribution in [2.45, 2.75) is 39.9 Å². The first-order valence-electron chi connectivity index (χ1n) is 4.30. The lowest BCUT2D eigenvalue weighted by molar-refractivity contribution is -0.150. The Bertz CT molecular complexity index is 126. The normalized spacial score (nSPS) is 33.8. The Balaban J connectivity index is 2.46. The van der Waals surface area contributed by atoms with E-state index in [9.17, 15) is 5.11 Å². The summed E-state index contributed by atoms with van der Waals surface area (Å²) in [6.07, 6.45) is 1.36. The lowest BCUT2D eigenvalue weighted by Gasteiger charge is -2.35. The average Bonchev–Trinajstić information content (AvgIpc) is 1.86. The standard InChI is InChI=1S/C9H18O2/c1-9(2,3)7-4-5-11-8(10)6-7/h7-8,10H,4-6H2,1-3H3/t7-,8?/m0/s1. The summed E-state index contributed by atoms with van der Waals surface area (Å²) in [4.78, 5) is 0. The average molecular weight is 158 g/mol. The molecule has 0 radical (unpaired) electrons. The molecule has 0 aromatic carbocycles. The van der Waals surface area contributed by atoms with Gasteiger partial charge < -0.3 is 9.84 Å². The lowest BCUT2D eigenvalue weighted by Crippen LogP contribution is -2.32. The highest BCUT2D eigenvalue weighted by Crippen LogP contribution is 2.34. The number of rotatable bonds is 0. The fourth-order valence-corrected chi connectivity index (χ4v) is 1.56. The van der Waals surface area contributed by atoms with Crippen molar-refractivity contribution in [3.8, 4) is 0 Å². The van der Waals surface area contributed by atoms with Gasteiger partial charge in [0.15, 0.2) is 6.29 Å². The van der Waals surface area contributed by atoms with Crippen LogP contribution in [0, 0.1) is 11.3 Å². The van der Waals surface area contributed by atoms with Crippen LogP contribution >= 0.6 is 0 Å². The van der Waals surface area contributed by atoms with E-state index in [4.69, 9.17) is 4.74 Å². The van der Waals surface area contributed by atoms with Crippen LogP contribution in [0.5, 0.6) is 0 Å². The molecular formula is C9H18O2. The minimum Gasteiger partial charge on any atom is -0.368 e. The van der Waals surface area contributed by atoms with Gasteiger partial charge in [0.05, 0.1) is 6.61 Å². The van der Waals surface area contributed by atoms with Crippen LogP contribution in [-0.2, 0) is 4.74 Å². The Labute approximate surface area is 68.6 Å². The summed E-state index contributed by atoms with van der Waals surface area (Å²) >= 11 is 0. The molecule has 0 aliphatic carbocycles. The molecule has 2 nitrogen and oxygen atoms in total. The molecule has 0 aromatic rings. The van der Waals surface area contributed by atoms with Crippen molar-refractivity contribution in [2.75, 3.05) is 6.61 Å². The maximum atomic E-state index is 9.22. The van der Waals surface area contributed by atoms with Gasteiger partial charge in [0, 0.05) is 6.42 Å². The topological polar surface area (TPSA) is 29.5 Å². The molecule has 1 rings (SSSR count). The third-order valence-corrected chi connectivity index (χ3v) is 2.49. The second-order valence-electron chi connectivity index (χ2n) is 4.41. The van der Waals surface area contributed by atoms with Crippen LogP contribution in [-0.4, -0.2) is 18.0 Å². The molecule has 0 bridgehead atoms. The van der Waals surface area contributed by atoms with Gasteiger partial charge in [0.2, 0.25) is 0 Å². The molecule has 1 unspecified atom stereocenters. The van der Waals surface area contributed by atoms with Crippen LogP contribution < -0.4 is 0 Å². The van der Waals surface area contributed by atoms with Crippen molar-refractivity contribution in [1.82, 2.24) is 0 Å². The third-order valence-electron chi connectivity index (χ3n) is 2.49. The van der Waals surface area contributed by atoms with E-state index in [0.29, 0.717) is 17.9 Å². The van der Waals surface area contributed by atoms with Gasteiger partial charge in [0.25, 0.3) is 0 Å². The van der Waals surface area contributed by atoms with E-state index >= 15 is 0 Å². The first kappa shape index (κ1) is 9.01. The maximum Gasteiger partial charge on any atom is 0.154 e. The second kappa shape index (κ2) is 3.11. The largest absolute Gasteiger partial charge is 0.368 e. The van der Waals surface area contributed by atoms with Gasteiger partial charge in [0.1, 0.15) is 0 Å². The van der Waals surface area contributed by atoms with Crippen molar-refractivity contribution in [1.29, 1.82) is 0 Å². The summed E-state index contributed by atoms with van der Waals surface area (Å²) in [6.45, 7) is 7.37. The lowest BCUT2D eigenvalue weighted by atomic mass is 9.76. The van der Waals surface area contributed by atoms with E-state index in [-0.39, 0.29) is 0 Å². The Kier molecular flexibility index (Phi) is 2.55. The fraction of sp³-hybridized carbons (Fsp3) is 1.00. The predicted octanol–water partition coefficient (Wildman–Crippen LogP) is 1.78. The molecule has 1 aliphatic heterocycles. The molecule has 1 fully saturated rings. The van der Waals surface area contributed by atoms with Gasteiger partial charge in [-0.3, -0.25) is 0 Å². The third kappa shape index (κ3) is 2.46. The molecule has 1 heterocycles. The molecule has 0 saturated carbocycles. The summed E-state index contributed by atoms with van der Waals surface area (Å²) < 4.78 is 5.06. The fourth-order valence-electron chi connectivity index (χ4n) is 1.56. The van der Waals surface area contributed by atoms with E-state index < -0.39 is 6.29 Å². The number of aliphatic hydroxyl groups is 1. The zero-order valence-electron chi connectivity index (χ0n) is 7.63. The van der Waals surface area contributed by atoms with Crippen LogP contribution in [0.1, 0.15) is 33.6 Å². The molecule has 1 aliphatic rings. The first-order chi connectivity index (χ1) is 5.00. The number of ether oxygens (including phenoxy) is 1. The molecule has 1 N–H and O–H groups in total. The molecule has 1 saturated heterocycles. The zero-order chi connectivity index (χ0) is 8.48. The molecule has 66 valence electrons. The molecular weight excluding hydrogens is 140 g/mol. The Morgan fingerprint density at radius 3 is 2.36 bits per heavy atom. The van der Waals surface area contributed by atoms with Gasteiger partial charge in [-0.1, -0.05) is 20.8 Å². The van der Waals surface area contributed by atoms with Gasteiger partial charge in [-0.05, 0) is 17.8 Å². The molecule has 2 atom stereocenters. The van der Waals surface area contributed by atoms with Crippen molar-refractivity contribution in [3.05, 3.63) is 0 Å². The second-order valence-corrected chi connectivity index (χ2v) is 4.41. The van der Waals surface area contributed by atoms with E-state index in [1.165, 1.54) is 0 Å². The zero-order valence-corrected chi connectivity index (χ0v) is 7.63. The van der Waals surface area contributed by atoms with Crippen LogP contribution in [0.3, 0.4) is 0 Å². The number of hydrogen-bond acceptors (Lipinski definition) is 2. The van der Waals surface area contributed by atoms with Gasteiger partial charge in [-0.2, -0.15) is 0 Å². The summed E-state index contributed by atoms with van der Waals surface area (Å²) in [5.74, 6) is 0.603. The van der Waals surface area contributed by atoms with Gasteiger partial charge in [-0.25, -0.2) is 0 Å². The minimum absolute atomic E-state index is 0.310.